The third-order valence-corrected chi connectivity index (χ3v) is 1.80. The van der Waals surface area contributed by atoms with Gasteiger partial charge in [0.25, 0.3) is 0 Å². The molecule has 0 N–H and O–H groups in total. The van der Waals surface area contributed by atoms with Crippen LogP contribution in [0.5, 0.6) is 0 Å². The molecule has 0 bridgehead atoms. The predicted molar refractivity (Wildman–Crippen MR) is 40.2 cm³/mol. The van der Waals surface area contributed by atoms with Crippen molar-refractivity contribution in [3.63, 3.8) is 0 Å². The largest absolute Gasteiger partial charge is 0.306 e. The molecule has 0 aromatic carbocycles. The molecule has 3 nitrogen and oxygen atoms in total. The lowest BCUT2D eigenvalue weighted by molar-refractivity contribution is -0.106. The molecule has 1 saturated heterocycles. The molecule has 0 spiro atoms. The molecule has 0 aromatic heterocycles. The summed E-state index contributed by atoms with van der Waals surface area (Å²) in [5.74, 6) is 0. The van der Waals surface area contributed by atoms with Gasteiger partial charge in [-0.3, -0.25) is 4.79 Å². The van der Waals surface area contributed by atoms with E-state index in [9.17, 15) is 4.79 Å². The zero-order chi connectivity index (χ0) is 7.40. The number of aliphatic imine (C=N–C) groups is 1. The molecule has 1 aliphatic rings. The Labute approximate surface area is 60.7 Å². The molecule has 1 amide bonds. The first-order valence-electron chi connectivity index (χ1n) is 3.50. The van der Waals surface area contributed by atoms with Gasteiger partial charge in [0.05, 0.1) is 0 Å². The van der Waals surface area contributed by atoms with Gasteiger partial charge in [0.1, 0.15) is 0 Å². The van der Waals surface area contributed by atoms with Crippen LogP contribution in [0, 0.1) is 0 Å². The van der Waals surface area contributed by atoms with E-state index in [0.29, 0.717) is 6.41 Å². The van der Waals surface area contributed by atoms with Crippen molar-refractivity contribution in [1.82, 2.24) is 4.90 Å². The smallest absolute Gasteiger partial charge is 0.232 e. The average Bonchev–Trinajstić information content (AvgIpc) is 1.95. The van der Waals surface area contributed by atoms with Crippen molar-refractivity contribution in [3.05, 3.63) is 0 Å². The third kappa shape index (κ3) is 1.92. The fourth-order valence-electron chi connectivity index (χ4n) is 1.08. The zero-order valence-electron chi connectivity index (χ0n) is 6.21. The molecule has 0 radical (unpaired) electrons. The number of hydrogen-bond acceptors (Lipinski definition) is 2. The molecule has 0 unspecified atom stereocenters. The lowest BCUT2D eigenvalue weighted by atomic mass is 10.1. The van der Waals surface area contributed by atoms with Crippen molar-refractivity contribution in [3.8, 4) is 0 Å². The first-order valence-corrected chi connectivity index (χ1v) is 3.50. The highest BCUT2D eigenvalue weighted by Crippen LogP contribution is 2.03. The Balaban J connectivity index is 2.39. The SMILES string of the molecule is CN1CCC(=NC=O)CC1. The fraction of sp³-hybridized carbons (Fsp3) is 0.714. The Hall–Kier alpha value is -0.700. The Bertz CT molecular complexity index is 144. The van der Waals surface area contributed by atoms with E-state index in [-0.39, 0.29) is 0 Å². The van der Waals surface area contributed by atoms with Gasteiger partial charge in [-0.1, -0.05) is 0 Å². The second-order valence-corrected chi connectivity index (χ2v) is 2.60. The topological polar surface area (TPSA) is 32.7 Å². The molecule has 0 atom stereocenters. The van der Waals surface area contributed by atoms with Crippen molar-refractivity contribution in [2.75, 3.05) is 20.1 Å². The maximum Gasteiger partial charge on any atom is 0.232 e. The van der Waals surface area contributed by atoms with Crippen LogP contribution in [0.3, 0.4) is 0 Å². The number of carbonyl (C=O) groups excluding carboxylic acids is 1. The van der Waals surface area contributed by atoms with Crippen molar-refractivity contribution in [2.45, 2.75) is 12.8 Å². The van der Waals surface area contributed by atoms with Crippen LogP contribution in [-0.2, 0) is 4.79 Å². The summed E-state index contributed by atoms with van der Waals surface area (Å²) in [6, 6.07) is 0. The van der Waals surface area contributed by atoms with Gasteiger partial charge >= 0.3 is 0 Å². The van der Waals surface area contributed by atoms with Crippen LogP contribution < -0.4 is 0 Å². The van der Waals surface area contributed by atoms with Gasteiger partial charge in [-0.2, -0.15) is 0 Å². The van der Waals surface area contributed by atoms with E-state index in [1.54, 1.807) is 0 Å². The Morgan fingerprint density at radius 1 is 1.50 bits per heavy atom. The molecular formula is C7H12N2O. The molecule has 1 rings (SSSR count). The standard InChI is InChI=1S/C7H12N2O/c1-9-4-2-7(3-5-9)8-6-10/h6H,2-5H2,1H3. The van der Waals surface area contributed by atoms with Crippen LogP contribution in [0.25, 0.3) is 0 Å². The molecule has 0 aliphatic carbocycles. The highest BCUT2D eigenvalue weighted by atomic mass is 16.1. The van der Waals surface area contributed by atoms with E-state index in [4.69, 9.17) is 0 Å². The molecule has 1 aliphatic heterocycles. The lowest BCUT2D eigenvalue weighted by Crippen LogP contribution is -2.30. The second kappa shape index (κ2) is 3.46. The van der Waals surface area contributed by atoms with E-state index in [0.717, 1.165) is 31.6 Å². The number of amides is 1. The molecule has 1 fully saturated rings. The van der Waals surface area contributed by atoms with Gasteiger partial charge in [-0.15, -0.1) is 0 Å². The summed E-state index contributed by atoms with van der Waals surface area (Å²) < 4.78 is 0. The van der Waals surface area contributed by atoms with Crippen LogP contribution in [0.15, 0.2) is 4.99 Å². The van der Waals surface area contributed by atoms with E-state index >= 15 is 0 Å². The van der Waals surface area contributed by atoms with Gasteiger partial charge in [-0.05, 0) is 19.9 Å². The van der Waals surface area contributed by atoms with E-state index < -0.39 is 0 Å². The molecule has 0 saturated carbocycles. The Kier molecular flexibility index (Phi) is 2.57. The van der Waals surface area contributed by atoms with Crippen molar-refractivity contribution in [2.24, 2.45) is 4.99 Å². The summed E-state index contributed by atoms with van der Waals surface area (Å²) in [7, 11) is 2.08. The summed E-state index contributed by atoms with van der Waals surface area (Å²) in [4.78, 5) is 15.9. The molecule has 56 valence electrons. The van der Waals surface area contributed by atoms with Crippen LogP contribution in [0.4, 0.5) is 0 Å². The normalized spacial score (nSPS) is 20.7. The van der Waals surface area contributed by atoms with Crippen molar-refractivity contribution < 1.29 is 4.79 Å². The molecular weight excluding hydrogens is 128 g/mol. The van der Waals surface area contributed by atoms with E-state index in [1.165, 1.54) is 0 Å². The third-order valence-electron chi connectivity index (χ3n) is 1.80. The minimum absolute atomic E-state index is 0.640. The number of carbonyl (C=O) groups is 1. The van der Waals surface area contributed by atoms with Gasteiger partial charge in [0.2, 0.25) is 6.41 Å². The minimum atomic E-state index is 0.640. The van der Waals surface area contributed by atoms with Crippen LogP contribution in [0.1, 0.15) is 12.8 Å². The second-order valence-electron chi connectivity index (χ2n) is 2.60. The minimum Gasteiger partial charge on any atom is -0.306 e. The van der Waals surface area contributed by atoms with Gasteiger partial charge in [-0.25, -0.2) is 4.99 Å². The summed E-state index contributed by atoms with van der Waals surface area (Å²) in [5, 5.41) is 0. The zero-order valence-corrected chi connectivity index (χ0v) is 6.21. The number of hydrogen-bond donors (Lipinski definition) is 0. The van der Waals surface area contributed by atoms with Crippen molar-refractivity contribution in [1.29, 1.82) is 0 Å². The maximum absolute atomic E-state index is 9.95. The fourth-order valence-corrected chi connectivity index (χ4v) is 1.08. The monoisotopic (exact) mass is 140 g/mol. The lowest BCUT2D eigenvalue weighted by Gasteiger charge is -2.22. The van der Waals surface area contributed by atoms with Crippen LogP contribution in [-0.4, -0.2) is 37.2 Å². The van der Waals surface area contributed by atoms with Gasteiger partial charge < -0.3 is 4.90 Å². The quantitative estimate of drug-likeness (QED) is 0.491. The molecule has 1 heterocycles. The summed E-state index contributed by atoms with van der Waals surface area (Å²) >= 11 is 0. The van der Waals surface area contributed by atoms with Gasteiger partial charge in [0, 0.05) is 18.8 Å². The van der Waals surface area contributed by atoms with Gasteiger partial charge in [0.15, 0.2) is 0 Å². The van der Waals surface area contributed by atoms with Crippen LogP contribution in [0.2, 0.25) is 0 Å². The van der Waals surface area contributed by atoms with Crippen molar-refractivity contribution >= 4 is 12.1 Å². The van der Waals surface area contributed by atoms with E-state index in [2.05, 4.69) is 16.9 Å². The van der Waals surface area contributed by atoms with Crippen LogP contribution >= 0.6 is 0 Å². The first kappa shape index (κ1) is 7.41. The first-order chi connectivity index (χ1) is 4.83. The Morgan fingerprint density at radius 2 is 2.10 bits per heavy atom. The highest BCUT2D eigenvalue weighted by Gasteiger charge is 2.09. The predicted octanol–water partition coefficient (Wildman–Crippen LogP) is 0.309. The number of piperidine rings is 1. The highest BCUT2D eigenvalue weighted by molar-refractivity contribution is 5.90. The number of likely N-dealkylation sites (tertiary alicyclic amines) is 1. The molecule has 3 heteroatoms. The van der Waals surface area contributed by atoms with E-state index in [1.807, 2.05) is 0 Å². The Morgan fingerprint density at radius 3 is 2.60 bits per heavy atom. The maximum atomic E-state index is 9.95. The molecule has 10 heavy (non-hydrogen) atoms. The number of nitrogens with zero attached hydrogens (tertiary/aromatic N) is 2. The summed E-state index contributed by atoms with van der Waals surface area (Å²) in [5.41, 5.74) is 1.05. The number of rotatable bonds is 1. The average molecular weight is 140 g/mol. The molecule has 0 aromatic rings. The summed E-state index contributed by atoms with van der Waals surface area (Å²) in [6.45, 7) is 2.07. The summed E-state index contributed by atoms with van der Waals surface area (Å²) in [6.07, 6.45) is 2.55.